The molecule has 1 aromatic carbocycles. The molecule has 0 bridgehead atoms. The summed E-state index contributed by atoms with van der Waals surface area (Å²) in [4.78, 5) is 26.9. The van der Waals surface area contributed by atoms with E-state index in [9.17, 15) is 14.0 Å². The van der Waals surface area contributed by atoms with Gasteiger partial charge in [-0.15, -0.1) is 0 Å². The number of nitrogens with one attached hydrogen (secondary N) is 1. The average molecular weight is 307 g/mol. The minimum atomic E-state index is -0.429. The first-order valence-corrected chi connectivity index (χ1v) is 7.71. The summed E-state index contributed by atoms with van der Waals surface area (Å²) < 4.78 is 13.8. The van der Waals surface area contributed by atoms with Crippen LogP contribution in [0.2, 0.25) is 0 Å². The van der Waals surface area contributed by atoms with Gasteiger partial charge in [0, 0.05) is 19.6 Å². The van der Waals surface area contributed by atoms with Crippen molar-refractivity contribution in [1.29, 1.82) is 0 Å². The average Bonchev–Trinajstić information content (AvgIpc) is 2.85. The Morgan fingerprint density at radius 2 is 2.05 bits per heavy atom. The zero-order chi connectivity index (χ0) is 15.9. The van der Waals surface area contributed by atoms with Gasteiger partial charge in [-0.2, -0.15) is 0 Å². The maximum atomic E-state index is 13.8. The molecule has 120 valence electrons. The second-order valence-corrected chi connectivity index (χ2v) is 5.36. The lowest BCUT2D eigenvalue weighted by Gasteiger charge is -2.18. The molecule has 0 spiro atoms. The third-order valence-electron chi connectivity index (χ3n) is 3.68. The van der Waals surface area contributed by atoms with Gasteiger partial charge in [0.15, 0.2) is 0 Å². The molecule has 3 amide bonds. The number of hydrogen-bond donors (Lipinski definition) is 1. The van der Waals surface area contributed by atoms with Gasteiger partial charge in [-0.3, -0.25) is 9.69 Å². The molecule has 0 aliphatic carbocycles. The Balaban J connectivity index is 1.86. The summed E-state index contributed by atoms with van der Waals surface area (Å²) in [5.74, 6) is -0.596. The molecule has 1 aromatic rings. The van der Waals surface area contributed by atoms with Crippen molar-refractivity contribution in [2.75, 3.05) is 31.1 Å². The number of unbranched alkanes of at least 4 members (excludes halogenated alkanes) is 2. The second kappa shape index (κ2) is 7.77. The molecule has 0 radical (unpaired) electrons. The molecule has 5 nitrogen and oxygen atoms in total. The summed E-state index contributed by atoms with van der Waals surface area (Å²) in [5, 5.41) is 2.81. The van der Waals surface area contributed by atoms with E-state index >= 15 is 0 Å². The topological polar surface area (TPSA) is 52.7 Å². The summed E-state index contributed by atoms with van der Waals surface area (Å²) in [6, 6.07) is 5.84. The standard InChI is InChI=1S/C16H22FN3O2/c1-2-3-6-9-18-15(21)12-19-10-11-20(16(19)22)14-8-5-4-7-13(14)17/h4-5,7-8H,2-3,6,9-12H2,1H3,(H,18,21). The maximum absolute atomic E-state index is 13.8. The minimum Gasteiger partial charge on any atom is -0.355 e. The van der Waals surface area contributed by atoms with E-state index in [1.54, 1.807) is 18.2 Å². The molecular formula is C16H22FN3O2. The number of hydrogen-bond acceptors (Lipinski definition) is 2. The highest BCUT2D eigenvalue weighted by Crippen LogP contribution is 2.23. The fourth-order valence-corrected chi connectivity index (χ4v) is 2.46. The van der Waals surface area contributed by atoms with Crippen LogP contribution in [0.15, 0.2) is 24.3 Å². The van der Waals surface area contributed by atoms with Gasteiger partial charge in [-0.1, -0.05) is 31.9 Å². The summed E-state index contributed by atoms with van der Waals surface area (Å²) in [6.07, 6.45) is 3.11. The molecule has 2 rings (SSSR count). The van der Waals surface area contributed by atoms with Gasteiger partial charge in [0.1, 0.15) is 12.4 Å². The Bertz CT molecular complexity index is 536. The van der Waals surface area contributed by atoms with E-state index in [2.05, 4.69) is 12.2 Å². The molecule has 0 unspecified atom stereocenters. The van der Waals surface area contributed by atoms with Crippen molar-refractivity contribution in [2.45, 2.75) is 26.2 Å². The van der Waals surface area contributed by atoms with Crippen LogP contribution in [-0.2, 0) is 4.79 Å². The normalized spacial score (nSPS) is 14.5. The number of amides is 3. The molecule has 0 atom stereocenters. The number of carbonyl (C=O) groups excluding carboxylic acids is 2. The lowest BCUT2D eigenvalue weighted by atomic mass is 10.2. The molecule has 1 heterocycles. The van der Waals surface area contributed by atoms with E-state index in [1.165, 1.54) is 15.9 Å². The number of halogens is 1. The van der Waals surface area contributed by atoms with E-state index < -0.39 is 5.82 Å². The van der Waals surface area contributed by atoms with Crippen molar-refractivity contribution in [2.24, 2.45) is 0 Å². The van der Waals surface area contributed by atoms with Crippen molar-refractivity contribution in [1.82, 2.24) is 10.2 Å². The number of para-hydroxylation sites is 1. The lowest BCUT2D eigenvalue weighted by Crippen LogP contribution is -2.40. The number of rotatable bonds is 7. The molecule has 22 heavy (non-hydrogen) atoms. The first kappa shape index (κ1) is 16.3. The zero-order valence-corrected chi connectivity index (χ0v) is 12.8. The minimum absolute atomic E-state index is 0.0237. The quantitative estimate of drug-likeness (QED) is 0.786. The Morgan fingerprint density at radius 1 is 1.27 bits per heavy atom. The van der Waals surface area contributed by atoms with Gasteiger partial charge >= 0.3 is 6.03 Å². The fraction of sp³-hybridized carbons (Fsp3) is 0.500. The van der Waals surface area contributed by atoms with E-state index in [-0.39, 0.29) is 24.2 Å². The fourth-order valence-electron chi connectivity index (χ4n) is 2.46. The predicted octanol–water partition coefficient (Wildman–Crippen LogP) is 2.37. The van der Waals surface area contributed by atoms with Gasteiger partial charge in [0.2, 0.25) is 5.91 Å². The van der Waals surface area contributed by atoms with Crippen LogP contribution in [0.5, 0.6) is 0 Å². The van der Waals surface area contributed by atoms with Gasteiger partial charge in [-0.25, -0.2) is 9.18 Å². The number of anilines is 1. The van der Waals surface area contributed by atoms with Crippen molar-refractivity contribution < 1.29 is 14.0 Å². The Hall–Kier alpha value is -2.11. The van der Waals surface area contributed by atoms with Gasteiger partial charge in [-0.05, 0) is 18.6 Å². The first-order valence-electron chi connectivity index (χ1n) is 7.71. The molecule has 1 aliphatic heterocycles. The van der Waals surface area contributed by atoms with Crippen LogP contribution >= 0.6 is 0 Å². The smallest absolute Gasteiger partial charge is 0.325 e. The molecule has 0 saturated carbocycles. The maximum Gasteiger partial charge on any atom is 0.325 e. The highest BCUT2D eigenvalue weighted by Gasteiger charge is 2.31. The van der Waals surface area contributed by atoms with Crippen LogP contribution in [0, 0.1) is 5.82 Å². The van der Waals surface area contributed by atoms with Gasteiger partial charge in [0.05, 0.1) is 5.69 Å². The van der Waals surface area contributed by atoms with Crippen LogP contribution in [0.25, 0.3) is 0 Å². The lowest BCUT2D eigenvalue weighted by molar-refractivity contribution is -0.121. The SMILES string of the molecule is CCCCCNC(=O)CN1CCN(c2ccccc2F)C1=O. The number of nitrogens with zero attached hydrogens (tertiary/aromatic N) is 2. The van der Waals surface area contributed by atoms with Crippen molar-refractivity contribution in [3.63, 3.8) is 0 Å². The number of urea groups is 1. The van der Waals surface area contributed by atoms with Crippen LogP contribution in [0.4, 0.5) is 14.9 Å². The summed E-state index contributed by atoms with van der Waals surface area (Å²) in [6.45, 7) is 3.57. The zero-order valence-electron chi connectivity index (χ0n) is 12.8. The van der Waals surface area contributed by atoms with Crippen LogP contribution < -0.4 is 10.2 Å². The van der Waals surface area contributed by atoms with Crippen molar-refractivity contribution in [3.8, 4) is 0 Å². The Labute approximate surface area is 130 Å². The summed E-state index contributed by atoms with van der Waals surface area (Å²) in [5.41, 5.74) is 0.262. The molecular weight excluding hydrogens is 285 g/mol. The summed E-state index contributed by atoms with van der Waals surface area (Å²) >= 11 is 0. The van der Waals surface area contributed by atoms with E-state index in [1.807, 2.05) is 0 Å². The highest BCUT2D eigenvalue weighted by molar-refractivity contribution is 5.96. The second-order valence-electron chi connectivity index (χ2n) is 5.36. The molecule has 1 saturated heterocycles. The molecule has 1 fully saturated rings. The monoisotopic (exact) mass is 307 g/mol. The van der Waals surface area contributed by atoms with Crippen LogP contribution in [-0.4, -0.2) is 43.0 Å². The first-order chi connectivity index (χ1) is 10.6. The predicted molar refractivity (Wildman–Crippen MR) is 83.2 cm³/mol. The molecule has 1 aliphatic rings. The van der Waals surface area contributed by atoms with Crippen molar-refractivity contribution in [3.05, 3.63) is 30.1 Å². The largest absolute Gasteiger partial charge is 0.355 e. The molecule has 1 N–H and O–H groups in total. The highest BCUT2D eigenvalue weighted by atomic mass is 19.1. The number of carbonyl (C=O) groups is 2. The van der Waals surface area contributed by atoms with E-state index in [4.69, 9.17) is 0 Å². The molecule has 6 heteroatoms. The van der Waals surface area contributed by atoms with Crippen LogP contribution in [0.1, 0.15) is 26.2 Å². The molecule has 0 aromatic heterocycles. The Kier molecular flexibility index (Phi) is 5.75. The third-order valence-corrected chi connectivity index (χ3v) is 3.68. The Morgan fingerprint density at radius 3 is 2.77 bits per heavy atom. The van der Waals surface area contributed by atoms with Gasteiger partial charge in [0.25, 0.3) is 0 Å². The van der Waals surface area contributed by atoms with Crippen molar-refractivity contribution >= 4 is 17.6 Å². The summed E-state index contributed by atoms with van der Waals surface area (Å²) in [7, 11) is 0. The number of benzene rings is 1. The van der Waals surface area contributed by atoms with E-state index in [0.29, 0.717) is 19.6 Å². The van der Waals surface area contributed by atoms with Crippen LogP contribution in [0.3, 0.4) is 0 Å². The van der Waals surface area contributed by atoms with Gasteiger partial charge < -0.3 is 10.2 Å². The third kappa shape index (κ3) is 3.96. The van der Waals surface area contributed by atoms with E-state index in [0.717, 1.165) is 19.3 Å².